The predicted molar refractivity (Wildman–Crippen MR) is 74.6 cm³/mol. The van der Waals surface area contributed by atoms with Gasteiger partial charge in [0.05, 0.1) is 5.02 Å². The second-order valence-electron chi connectivity index (χ2n) is 4.69. The lowest BCUT2D eigenvalue weighted by Crippen LogP contribution is -2.50. The minimum atomic E-state index is -0.0224. The van der Waals surface area contributed by atoms with Crippen LogP contribution in [0.25, 0.3) is 0 Å². The van der Waals surface area contributed by atoms with Gasteiger partial charge in [-0.15, -0.1) is 0 Å². The van der Waals surface area contributed by atoms with E-state index in [-0.39, 0.29) is 5.84 Å². The topological polar surface area (TPSA) is 69.2 Å². The molecular formula is C12H18ClN5. The van der Waals surface area contributed by atoms with Crippen molar-refractivity contribution in [3.63, 3.8) is 0 Å². The summed E-state index contributed by atoms with van der Waals surface area (Å²) in [5.41, 5.74) is 6.06. The van der Waals surface area contributed by atoms with Crippen LogP contribution in [-0.2, 0) is 0 Å². The van der Waals surface area contributed by atoms with Crippen LogP contribution in [0.3, 0.4) is 0 Å². The molecule has 0 aromatic carbocycles. The first-order valence-electron chi connectivity index (χ1n) is 5.94. The molecule has 0 spiro atoms. The molecule has 3 N–H and O–H groups in total. The minimum Gasteiger partial charge on any atom is -0.384 e. The number of amidine groups is 1. The average Bonchev–Trinajstić information content (AvgIpc) is 2.33. The van der Waals surface area contributed by atoms with Gasteiger partial charge in [-0.2, -0.15) is 0 Å². The molecule has 5 nitrogen and oxygen atoms in total. The average molecular weight is 268 g/mol. The van der Waals surface area contributed by atoms with Crippen molar-refractivity contribution >= 4 is 23.3 Å². The molecule has 0 aliphatic carbocycles. The van der Waals surface area contributed by atoms with E-state index in [0.29, 0.717) is 16.6 Å². The summed E-state index contributed by atoms with van der Waals surface area (Å²) in [7, 11) is 2.11. The largest absolute Gasteiger partial charge is 0.384 e. The van der Waals surface area contributed by atoms with Gasteiger partial charge in [-0.05, 0) is 20.0 Å². The van der Waals surface area contributed by atoms with Gasteiger partial charge in [0.2, 0.25) is 0 Å². The summed E-state index contributed by atoms with van der Waals surface area (Å²) in [6.45, 7) is 4.91. The smallest absolute Gasteiger partial charge is 0.148 e. The van der Waals surface area contributed by atoms with E-state index in [1.165, 1.54) is 0 Å². The molecule has 0 radical (unpaired) electrons. The summed E-state index contributed by atoms with van der Waals surface area (Å²) in [5.74, 6) is 0.704. The maximum Gasteiger partial charge on any atom is 0.148 e. The zero-order valence-electron chi connectivity index (χ0n) is 10.7. The number of piperazine rings is 1. The second-order valence-corrected chi connectivity index (χ2v) is 5.06. The summed E-state index contributed by atoms with van der Waals surface area (Å²) in [6.07, 6.45) is 1.65. The highest BCUT2D eigenvalue weighted by Gasteiger charge is 2.24. The minimum absolute atomic E-state index is 0.0224. The highest BCUT2D eigenvalue weighted by atomic mass is 35.5. The Balaban J connectivity index is 2.29. The first-order chi connectivity index (χ1) is 8.50. The van der Waals surface area contributed by atoms with E-state index in [0.717, 1.165) is 25.5 Å². The summed E-state index contributed by atoms with van der Waals surface area (Å²) < 4.78 is 0. The third-order valence-electron chi connectivity index (χ3n) is 3.42. The maximum absolute atomic E-state index is 7.50. The molecule has 1 unspecified atom stereocenters. The molecular weight excluding hydrogens is 250 g/mol. The van der Waals surface area contributed by atoms with E-state index in [9.17, 15) is 0 Å². The third kappa shape index (κ3) is 2.42. The van der Waals surface area contributed by atoms with Gasteiger partial charge in [0.1, 0.15) is 11.7 Å². The van der Waals surface area contributed by atoms with Crippen molar-refractivity contribution in [2.75, 3.05) is 31.6 Å². The first-order valence-corrected chi connectivity index (χ1v) is 6.32. The molecule has 1 aliphatic rings. The van der Waals surface area contributed by atoms with E-state index in [4.69, 9.17) is 22.7 Å². The first kappa shape index (κ1) is 13.1. The fourth-order valence-electron chi connectivity index (χ4n) is 2.10. The molecule has 0 saturated carbocycles. The molecule has 98 valence electrons. The Hall–Kier alpha value is -1.33. The lowest BCUT2D eigenvalue weighted by molar-refractivity contribution is 0.233. The number of nitrogen functional groups attached to an aromatic ring is 1. The summed E-state index contributed by atoms with van der Waals surface area (Å²) in [4.78, 5) is 8.78. The van der Waals surface area contributed by atoms with Gasteiger partial charge in [-0.3, -0.25) is 5.41 Å². The molecule has 2 heterocycles. The number of pyridine rings is 1. The number of nitrogens with one attached hydrogen (secondary N) is 1. The van der Waals surface area contributed by atoms with E-state index in [1.54, 1.807) is 12.3 Å². The number of rotatable bonds is 2. The van der Waals surface area contributed by atoms with Crippen LogP contribution in [0.4, 0.5) is 5.82 Å². The van der Waals surface area contributed by atoms with E-state index in [2.05, 4.69) is 28.8 Å². The van der Waals surface area contributed by atoms with Crippen molar-refractivity contribution < 1.29 is 0 Å². The van der Waals surface area contributed by atoms with E-state index < -0.39 is 0 Å². The van der Waals surface area contributed by atoms with Gasteiger partial charge in [0, 0.05) is 37.4 Å². The standard InChI is InChI=1S/C12H18ClN5/c1-8-7-18(6-5-17(8)2)12-10(13)9(11(14)15)3-4-16-12/h3-4,8H,5-7H2,1-2H3,(H3,14,15). The third-order valence-corrected chi connectivity index (χ3v) is 3.79. The molecule has 6 heteroatoms. The van der Waals surface area contributed by atoms with Gasteiger partial charge >= 0.3 is 0 Å². The highest BCUT2D eigenvalue weighted by molar-refractivity contribution is 6.36. The van der Waals surface area contributed by atoms with Crippen LogP contribution in [0.1, 0.15) is 12.5 Å². The van der Waals surface area contributed by atoms with Crippen LogP contribution in [0.2, 0.25) is 5.02 Å². The second kappa shape index (κ2) is 5.12. The molecule has 1 atom stereocenters. The Morgan fingerprint density at radius 1 is 1.56 bits per heavy atom. The van der Waals surface area contributed by atoms with Crippen LogP contribution in [-0.4, -0.2) is 48.4 Å². The molecule has 2 rings (SSSR count). The number of anilines is 1. The molecule has 1 aromatic heterocycles. The van der Waals surface area contributed by atoms with Crippen molar-refractivity contribution in [2.45, 2.75) is 13.0 Å². The van der Waals surface area contributed by atoms with Crippen LogP contribution in [0, 0.1) is 5.41 Å². The monoisotopic (exact) mass is 267 g/mol. The molecule has 1 aromatic rings. The van der Waals surface area contributed by atoms with Crippen LogP contribution < -0.4 is 10.6 Å². The number of halogens is 1. The Bertz CT molecular complexity index is 462. The van der Waals surface area contributed by atoms with Gasteiger partial charge in [-0.25, -0.2) is 4.98 Å². The SMILES string of the molecule is CC1CN(c2nccc(C(=N)N)c2Cl)CCN1C. The van der Waals surface area contributed by atoms with Crippen LogP contribution in [0.15, 0.2) is 12.3 Å². The van der Waals surface area contributed by atoms with Gasteiger partial charge in [0.25, 0.3) is 0 Å². The number of likely N-dealkylation sites (N-methyl/N-ethyl adjacent to an activating group) is 1. The lowest BCUT2D eigenvalue weighted by Gasteiger charge is -2.38. The van der Waals surface area contributed by atoms with Crippen molar-refractivity contribution in [3.05, 3.63) is 22.8 Å². The normalized spacial score (nSPS) is 21.1. The van der Waals surface area contributed by atoms with Crippen LogP contribution in [0.5, 0.6) is 0 Å². The summed E-state index contributed by atoms with van der Waals surface area (Å²) in [6, 6.07) is 2.13. The van der Waals surface area contributed by atoms with Gasteiger partial charge < -0.3 is 15.5 Å². The fourth-order valence-corrected chi connectivity index (χ4v) is 2.44. The number of hydrogen-bond donors (Lipinski definition) is 2. The Labute approximate surface area is 112 Å². The van der Waals surface area contributed by atoms with Gasteiger partial charge in [-0.1, -0.05) is 11.6 Å². The Morgan fingerprint density at radius 3 is 2.89 bits per heavy atom. The summed E-state index contributed by atoms with van der Waals surface area (Å²) >= 11 is 6.28. The quantitative estimate of drug-likeness (QED) is 0.623. The van der Waals surface area contributed by atoms with Crippen molar-refractivity contribution in [2.24, 2.45) is 5.73 Å². The molecule has 1 aliphatic heterocycles. The number of hydrogen-bond acceptors (Lipinski definition) is 4. The molecule has 0 amide bonds. The highest BCUT2D eigenvalue weighted by Crippen LogP contribution is 2.28. The van der Waals surface area contributed by atoms with Gasteiger partial charge in [0.15, 0.2) is 0 Å². The Kier molecular flexibility index (Phi) is 3.73. The molecule has 0 bridgehead atoms. The number of aromatic nitrogens is 1. The van der Waals surface area contributed by atoms with Crippen LogP contribution >= 0.6 is 11.6 Å². The predicted octanol–water partition coefficient (Wildman–Crippen LogP) is 1.16. The van der Waals surface area contributed by atoms with E-state index in [1.807, 2.05) is 0 Å². The fraction of sp³-hybridized carbons (Fsp3) is 0.500. The van der Waals surface area contributed by atoms with E-state index >= 15 is 0 Å². The molecule has 1 fully saturated rings. The van der Waals surface area contributed by atoms with Crippen molar-refractivity contribution in [1.29, 1.82) is 5.41 Å². The zero-order valence-corrected chi connectivity index (χ0v) is 11.4. The lowest BCUT2D eigenvalue weighted by atomic mass is 10.2. The number of nitrogens with two attached hydrogens (primary N) is 1. The molecule has 1 saturated heterocycles. The Morgan fingerprint density at radius 2 is 2.28 bits per heavy atom. The summed E-state index contributed by atoms with van der Waals surface area (Å²) in [5, 5.41) is 7.97. The molecule has 18 heavy (non-hydrogen) atoms. The van der Waals surface area contributed by atoms with Crippen molar-refractivity contribution in [1.82, 2.24) is 9.88 Å². The zero-order chi connectivity index (χ0) is 13.3. The van der Waals surface area contributed by atoms with Crippen molar-refractivity contribution in [3.8, 4) is 0 Å². The number of nitrogens with zero attached hydrogens (tertiary/aromatic N) is 3. The maximum atomic E-state index is 7.50.